The summed E-state index contributed by atoms with van der Waals surface area (Å²) in [5.74, 6) is 0. The van der Waals surface area contributed by atoms with Crippen LogP contribution in [-0.2, 0) is 0 Å². The number of para-hydroxylation sites is 1. The highest BCUT2D eigenvalue weighted by molar-refractivity contribution is 7.22. The van der Waals surface area contributed by atoms with Gasteiger partial charge < -0.3 is 5.32 Å². The maximum Gasteiger partial charge on any atom is 0.184 e. The van der Waals surface area contributed by atoms with Gasteiger partial charge in [-0.2, -0.15) is 0 Å². The maximum absolute atomic E-state index is 4.56. The maximum atomic E-state index is 4.56. The molecule has 1 aromatic heterocycles. The van der Waals surface area contributed by atoms with E-state index in [1.165, 1.54) is 4.70 Å². The first kappa shape index (κ1) is 10.4. The fraction of sp³-hybridized carbons (Fsp3) is 0.417. The molecule has 0 saturated heterocycles. The number of hydrogen-bond donors (Lipinski definition) is 1. The average molecular weight is 220 g/mol. The number of hydrogen-bond acceptors (Lipinski definition) is 3. The van der Waals surface area contributed by atoms with Gasteiger partial charge in [-0.15, -0.1) is 0 Å². The summed E-state index contributed by atoms with van der Waals surface area (Å²) in [6.07, 6.45) is 2.29. The molecule has 0 amide bonds. The summed E-state index contributed by atoms with van der Waals surface area (Å²) in [5, 5.41) is 4.52. The van der Waals surface area contributed by atoms with E-state index in [1.807, 2.05) is 6.07 Å². The first-order chi connectivity index (χ1) is 7.33. The first-order valence-electron chi connectivity index (χ1n) is 5.45. The summed E-state index contributed by atoms with van der Waals surface area (Å²) in [4.78, 5) is 4.56. The molecule has 0 radical (unpaired) electrons. The van der Waals surface area contributed by atoms with Gasteiger partial charge in [0, 0.05) is 6.04 Å². The Morgan fingerprint density at radius 3 is 2.67 bits per heavy atom. The fourth-order valence-electron chi connectivity index (χ4n) is 1.60. The summed E-state index contributed by atoms with van der Waals surface area (Å²) < 4.78 is 1.26. The molecule has 2 rings (SSSR count). The van der Waals surface area contributed by atoms with E-state index in [1.54, 1.807) is 11.3 Å². The largest absolute Gasteiger partial charge is 0.359 e. The molecular weight excluding hydrogens is 204 g/mol. The molecule has 3 heteroatoms. The van der Waals surface area contributed by atoms with Gasteiger partial charge in [0.2, 0.25) is 0 Å². The van der Waals surface area contributed by atoms with E-state index in [9.17, 15) is 0 Å². The van der Waals surface area contributed by atoms with Crippen LogP contribution in [0.1, 0.15) is 26.7 Å². The molecule has 0 unspecified atom stereocenters. The molecule has 15 heavy (non-hydrogen) atoms. The molecule has 0 aliphatic heterocycles. The van der Waals surface area contributed by atoms with Gasteiger partial charge >= 0.3 is 0 Å². The van der Waals surface area contributed by atoms with Crippen molar-refractivity contribution in [2.24, 2.45) is 0 Å². The van der Waals surface area contributed by atoms with E-state index in [4.69, 9.17) is 0 Å². The van der Waals surface area contributed by atoms with Crippen LogP contribution < -0.4 is 5.32 Å². The van der Waals surface area contributed by atoms with E-state index in [2.05, 4.69) is 42.3 Å². The highest BCUT2D eigenvalue weighted by Gasteiger charge is 2.07. The number of aromatic nitrogens is 1. The zero-order valence-corrected chi connectivity index (χ0v) is 9.97. The van der Waals surface area contributed by atoms with Crippen molar-refractivity contribution in [1.82, 2.24) is 4.98 Å². The van der Waals surface area contributed by atoms with Gasteiger partial charge in [0.25, 0.3) is 0 Å². The minimum Gasteiger partial charge on any atom is -0.359 e. The lowest BCUT2D eigenvalue weighted by Crippen LogP contribution is -2.16. The van der Waals surface area contributed by atoms with Crippen molar-refractivity contribution in [2.45, 2.75) is 32.7 Å². The molecule has 1 heterocycles. The van der Waals surface area contributed by atoms with Crippen LogP contribution in [0.3, 0.4) is 0 Å². The monoisotopic (exact) mass is 220 g/mol. The molecule has 0 saturated carbocycles. The van der Waals surface area contributed by atoms with Crippen LogP contribution in [0.25, 0.3) is 10.2 Å². The van der Waals surface area contributed by atoms with Crippen LogP contribution in [0.15, 0.2) is 24.3 Å². The van der Waals surface area contributed by atoms with Crippen LogP contribution in [0.4, 0.5) is 5.13 Å². The highest BCUT2D eigenvalue weighted by atomic mass is 32.1. The molecule has 0 bridgehead atoms. The van der Waals surface area contributed by atoms with Gasteiger partial charge in [0.15, 0.2) is 5.13 Å². The number of thiazole rings is 1. The third-order valence-electron chi connectivity index (χ3n) is 2.61. The average Bonchev–Trinajstić information content (AvgIpc) is 2.68. The van der Waals surface area contributed by atoms with Crippen molar-refractivity contribution >= 4 is 26.7 Å². The van der Waals surface area contributed by atoms with E-state index in [0.717, 1.165) is 23.5 Å². The molecule has 2 aromatic rings. The van der Waals surface area contributed by atoms with Crippen LogP contribution in [0.2, 0.25) is 0 Å². The van der Waals surface area contributed by atoms with E-state index < -0.39 is 0 Å². The zero-order valence-electron chi connectivity index (χ0n) is 9.16. The second kappa shape index (κ2) is 4.62. The lowest BCUT2D eigenvalue weighted by molar-refractivity contribution is 0.671. The Morgan fingerprint density at radius 2 is 2.00 bits per heavy atom. The van der Waals surface area contributed by atoms with Crippen LogP contribution in [0.5, 0.6) is 0 Å². The Bertz CT molecular complexity index is 399. The molecule has 2 nitrogen and oxygen atoms in total. The number of rotatable bonds is 4. The Kier molecular flexibility index (Phi) is 3.21. The van der Waals surface area contributed by atoms with E-state index in [-0.39, 0.29) is 0 Å². The van der Waals surface area contributed by atoms with Crippen LogP contribution in [0, 0.1) is 0 Å². The van der Waals surface area contributed by atoms with Gasteiger partial charge in [0.05, 0.1) is 10.2 Å². The van der Waals surface area contributed by atoms with E-state index >= 15 is 0 Å². The second-order valence-corrected chi connectivity index (χ2v) is 4.68. The van der Waals surface area contributed by atoms with Crippen molar-refractivity contribution in [3.8, 4) is 0 Å². The smallest absolute Gasteiger partial charge is 0.184 e. The van der Waals surface area contributed by atoms with Crippen molar-refractivity contribution in [1.29, 1.82) is 0 Å². The standard InChI is InChI=1S/C12H16N2S/c1-3-9(4-2)13-12-14-10-7-5-6-8-11(10)15-12/h5-9H,3-4H2,1-2H3,(H,13,14). The number of nitrogens with one attached hydrogen (secondary N) is 1. The summed E-state index contributed by atoms with van der Waals surface area (Å²) in [6.45, 7) is 4.41. The SMILES string of the molecule is CCC(CC)Nc1nc2ccccc2s1. The molecule has 1 N–H and O–H groups in total. The topological polar surface area (TPSA) is 24.9 Å². The Balaban J connectivity index is 2.21. The minimum atomic E-state index is 0.547. The van der Waals surface area contributed by atoms with Crippen LogP contribution >= 0.6 is 11.3 Å². The van der Waals surface area contributed by atoms with Gasteiger partial charge in [-0.05, 0) is 25.0 Å². The quantitative estimate of drug-likeness (QED) is 0.845. The van der Waals surface area contributed by atoms with Crippen molar-refractivity contribution < 1.29 is 0 Å². The molecule has 0 spiro atoms. The molecule has 0 aliphatic rings. The fourth-order valence-corrected chi connectivity index (χ4v) is 2.54. The lowest BCUT2D eigenvalue weighted by atomic mass is 10.2. The Morgan fingerprint density at radius 1 is 1.27 bits per heavy atom. The predicted octanol–water partition coefficient (Wildman–Crippen LogP) is 3.90. The van der Waals surface area contributed by atoms with Gasteiger partial charge in [0.1, 0.15) is 0 Å². The van der Waals surface area contributed by atoms with Gasteiger partial charge in [-0.1, -0.05) is 37.3 Å². The predicted molar refractivity (Wildman–Crippen MR) is 67.6 cm³/mol. The molecular formula is C12H16N2S. The summed E-state index contributed by atoms with van der Waals surface area (Å²) >= 11 is 1.73. The molecule has 80 valence electrons. The number of fused-ring (bicyclic) bond motifs is 1. The lowest BCUT2D eigenvalue weighted by Gasteiger charge is -2.12. The number of anilines is 1. The molecule has 0 aliphatic carbocycles. The Hall–Kier alpha value is -1.09. The molecule has 1 aromatic carbocycles. The van der Waals surface area contributed by atoms with Crippen LogP contribution in [-0.4, -0.2) is 11.0 Å². The summed E-state index contributed by atoms with van der Waals surface area (Å²) in [5.41, 5.74) is 1.09. The third kappa shape index (κ3) is 2.29. The summed E-state index contributed by atoms with van der Waals surface area (Å²) in [7, 11) is 0. The minimum absolute atomic E-state index is 0.547. The van der Waals surface area contributed by atoms with Crippen molar-refractivity contribution in [2.75, 3.05) is 5.32 Å². The second-order valence-electron chi connectivity index (χ2n) is 3.64. The van der Waals surface area contributed by atoms with Crippen molar-refractivity contribution in [3.05, 3.63) is 24.3 Å². The molecule has 0 fully saturated rings. The number of benzene rings is 1. The zero-order chi connectivity index (χ0) is 10.7. The van der Waals surface area contributed by atoms with Gasteiger partial charge in [-0.25, -0.2) is 4.98 Å². The normalized spacial score (nSPS) is 11.1. The Labute approximate surface area is 94.3 Å². The number of nitrogens with zero attached hydrogens (tertiary/aromatic N) is 1. The molecule has 0 atom stereocenters. The summed E-state index contributed by atoms with van der Waals surface area (Å²) in [6, 6.07) is 8.81. The van der Waals surface area contributed by atoms with Gasteiger partial charge in [-0.3, -0.25) is 0 Å². The van der Waals surface area contributed by atoms with Crippen molar-refractivity contribution in [3.63, 3.8) is 0 Å². The first-order valence-corrected chi connectivity index (χ1v) is 6.27. The van der Waals surface area contributed by atoms with E-state index in [0.29, 0.717) is 6.04 Å². The highest BCUT2D eigenvalue weighted by Crippen LogP contribution is 2.26. The third-order valence-corrected chi connectivity index (χ3v) is 3.57.